The fraction of sp³-hybridized carbons (Fsp3) is 0.250. The van der Waals surface area contributed by atoms with Crippen LogP contribution in [0.15, 0.2) is 33.2 Å². The maximum Gasteiger partial charge on any atom is 0.252 e. The monoisotopic (exact) mass is 330 g/mol. The van der Waals surface area contributed by atoms with E-state index in [4.69, 9.17) is 0 Å². The van der Waals surface area contributed by atoms with Gasteiger partial charge in [0.1, 0.15) is 4.21 Å². The number of amides is 1. The number of carbonyl (C=O) groups is 1. The lowest BCUT2D eigenvalue weighted by atomic mass is 10.3. The molecular weight excluding hydrogens is 316 g/mol. The van der Waals surface area contributed by atoms with E-state index in [-0.39, 0.29) is 10.1 Å². The van der Waals surface area contributed by atoms with E-state index in [9.17, 15) is 13.2 Å². The summed E-state index contributed by atoms with van der Waals surface area (Å²) >= 11 is 2.62. The van der Waals surface area contributed by atoms with Crippen LogP contribution in [0.1, 0.15) is 15.2 Å². The molecule has 20 heavy (non-hydrogen) atoms. The van der Waals surface area contributed by atoms with Crippen molar-refractivity contribution in [1.82, 2.24) is 9.62 Å². The highest BCUT2D eigenvalue weighted by atomic mass is 32.2. The second-order valence-electron chi connectivity index (χ2n) is 4.20. The average Bonchev–Trinajstić information content (AvgIpc) is 3.07. The van der Waals surface area contributed by atoms with Gasteiger partial charge in [0.25, 0.3) is 15.9 Å². The standard InChI is InChI=1S/C12H14N2O3S3/c1-14(2)20(16,17)11-4-3-10(19-11)7-13-12(15)9-5-6-18-8-9/h3-6,8H,7H2,1-2H3,(H,13,15). The van der Waals surface area contributed by atoms with Crippen LogP contribution < -0.4 is 5.32 Å². The normalized spacial score (nSPS) is 11.8. The number of rotatable bonds is 5. The SMILES string of the molecule is CN(C)S(=O)(=O)c1ccc(CNC(=O)c2ccsc2)s1. The molecular formula is C12H14N2O3S3. The summed E-state index contributed by atoms with van der Waals surface area (Å²) in [5, 5.41) is 6.37. The summed E-state index contributed by atoms with van der Waals surface area (Å²) in [5.74, 6) is -0.156. The van der Waals surface area contributed by atoms with Gasteiger partial charge in [0.15, 0.2) is 0 Å². The highest BCUT2D eigenvalue weighted by Crippen LogP contribution is 2.23. The molecule has 0 bridgehead atoms. The van der Waals surface area contributed by atoms with Gasteiger partial charge >= 0.3 is 0 Å². The summed E-state index contributed by atoms with van der Waals surface area (Å²) < 4.78 is 25.3. The minimum atomic E-state index is -3.40. The number of sulfonamides is 1. The maximum atomic E-state index is 11.9. The highest BCUT2D eigenvalue weighted by Gasteiger charge is 2.19. The first-order valence-corrected chi connectivity index (χ1v) is 8.93. The molecule has 1 amide bonds. The Bertz CT molecular complexity index is 687. The first-order valence-electron chi connectivity index (χ1n) is 5.73. The van der Waals surface area contributed by atoms with Crippen LogP contribution >= 0.6 is 22.7 Å². The molecule has 0 aliphatic rings. The molecule has 2 aromatic rings. The van der Waals surface area contributed by atoms with Crippen LogP contribution in [0.2, 0.25) is 0 Å². The van der Waals surface area contributed by atoms with Crippen molar-refractivity contribution >= 4 is 38.6 Å². The minimum absolute atomic E-state index is 0.156. The predicted octanol–water partition coefficient (Wildman–Crippen LogP) is 1.99. The first kappa shape index (κ1) is 15.2. The van der Waals surface area contributed by atoms with Crippen LogP contribution in [0, 0.1) is 0 Å². The molecule has 0 aliphatic heterocycles. The van der Waals surface area contributed by atoms with Gasteiger partial charge in [-0.3, -0.25) is 4.79 Å². The molecule has 2 aromatic heterocycles. The van der Waals surface area contributed by atoms with Crippen molar-refractivity contribution in [3.8, 4) is 0 Å². The van der Waals surface area contributed by atoms with E-state index in [1.54, 1.807) is 23.6 Å². The molecule has 108 valence electrons. The van der Waals surface area contributed by atoms with E-state index in [0.29, 0.717) is 12.1 Å². The zero-order valence-electron chi connectivity index (χ0n) is 11.0. The number of nitrogens with one attached hydrogen (secondary N) is 1. The van der Waals surface area contributed by atoms with Crippen molar-refractivity contribution in [2.24, 2.45) is 0 Å². The summed E-state index contributed by atoms with van der Waals surface area (Å²) in [7, 11) is -0.411. The Kier molecular flexibility index (Phi) is 4.59. The first-order chi connectivity index (χ1) is 9.41. The van der Waals surface area contributed by atoms with Gasteiger partial charge in [-0.2, -0.15) is 11.3 Å². The van der Waals surface area contributed by atoms with Crippen molar-refractivity contribution < 1.29 is 13.2 Å². The third kappa shape index (κ3) is 3.26. The number of hydrogen-bond acceptors (Lipinski definition) is 5. The van der Waals surface area contributed by atoms with Gasteiger partial charge in [-0.1, -0.05) is 0 Å². The average molecular weight is 330 g/mol. The molecule has 0 radical (unpaired) electrons. The van der Waals surface area contributed by atoms with Crippen LogP contribution in [-0.4, -0.2) is 32.7 Å². The number of hydrogen-bond donors (Lipinski definition) is 1. The van der Waals surface area contributed by atoms with Crippen LogP contribution in [0.5, 0.6) is 0 Å². The smallest absolute Gasteiger partial charge is 0.252 e. The van der Waals surface area contributed by atoms with Gasteiger partial charge < -0.3 is 5.32 Å². The van der Waals surface area contributed by atoms with Crippen molar-refractivity contribution in [3.63, 3.8) is 0 Å². The van der Waals surface area contributed by atoms with Crippen molar-refractivity contribution in [2.75, 3.05) is 14.1 Å². The van der Waals surface area contributed by atoms with Crippen molar-refractivity contribution in [3.05, 3.63) is 39.4 Å². The van der Waals surface area contributed by atoms with E-state index in [0.717, 1.165) is 4.88 Å². The summed E-state index contributed by atoms with van der Waals surface area (Å²) in [6.45, 7) is 0.322. The number of thiophene rings is 2. The molecule has 2 rings (SSSR count). The largest absolute Gasteiger partial charge is 0.347 e. The molecule has 0 saturated carbocycles. The molecule has 0 saturated heterocycles. The third-order valence-corrected chi connectivity index (χ3v) is 6.63. The maximum absolute atomic E-state index is 11.9. The lowest BCUT2D eigenvalue weighted by Gasteiger charge is -2.08. The topological polar surface area (TPSA) is 66.5 Å². The van der Waals surface area contributed by atoms with E-state index >= 15 is 0 Å². The van der Waals surface area contributed by atoms with Crippen LogP contribution in [0.3, 0.4) is 0 Å². The summed E-state index contributed by atoms with van der Waals surface area (Å²) in [6.07, 6.45) is 0. The second kappa shape index (κ2) is 6.04. The molecule has 0 spiro atoms. The van der Waals surface area contributed by atoms with Gasteiger partial charge in [0.05, 0.1) is 6.54 Å². The van der Waals surface area contributed by atoms with E-state index in [1.807, 2.05) is 5.38 Å². The fourth-order valence-electron chi connectivity index (χ4n) is 1.43. The van der Waals surface area contributed by atoms with E-state index < -0.39 is 10.0 Å². The zero-order valence-corrected chi connectivity index (χ0v) is 13.4. The lowest BCUT2D eigenvalue weighted by molar-refractivity contribution is 0.0952. The summed E-state index contributed by atoms with van der Waals surface area (Å²) in [6, 6.07) is 5.03. The fourth-order valence-corrected chi connectivity index (χ4v) is 4.54. The Labute approximate surface area is 125 Å². The summed E-state index contributed by atoms with van der Waals surface area (Å²) in [4.78, 5) is 12.6. The van der Waals surface area contributed by atoms with Gasteiger partial charge in [-0.15, -0.1) is 11.3 Å². The molecule has 0 fully saturated rings. The van der Waals surface area contributed by atoms with E-state index in [2.05, 4.69) is 5.32 Å². The molecule has 0 unspecified atom stereocenters. The highest BCUT2D eigenvalue weighted by molar-refractivity contribution is 7.91. The Morgan fingerprint density at radius 3 is 2.65 bits per heavy atom. The Morgan fingerprint density at radius 1 is 1.30 bits per heavy atom. The van der Waals surface area contributed by atoms with Gasteiger partial charge in [0, 0.05) is 29.9 Å². The zero-order chi connectivity index (χ0) is 14.8. The minimum Gasteiger partial charge on any atom is -0.347 e. The summed E-state index contributed by atoms with van der Waals surface area (Å²) in [5.41, 5.74) is 0.618. The Hall–Kier alpha value is -1.22. The molecule has 5 nitrogen and oxygen atoms in total. The molecule has 2 heterocycles. The predicted molar refractivity (Wildman–Crippen MR) is 80.7 cm³/mol. The Balaban J connectivity index is 2.02. The second-order valence-corrected chi connectivity index (χ2v) is 8.53. The quantitative estimate of drug-likeness (QED) is 0.912. The number of nitrogens with zero attached hydrogens (tertiary/aromatic N) is 1. The van der Waals surface area contributed by atoms with E-state index in [1.165, 1.54) is 41.1 Å². The Morgan fingerprint density at radius 2 is 2.05 bits per heavy atom. The lowest BCUT2D eigenvalue weighted by Crippen LogP contribution is -2.22. The molecule has 8 heteroatoms. The molecule has 0 atom stereocenters. The number of carbonyl (C=O) groups excluding carboxylic acids is 1. The van der Waals surface area contributed by atoms with Gasteiger partial charge in [-0.25, -0.2) is 12.7 Å². The van der Waals surface area contributed by atoms with Crippen molar-refractivity contribution in [2.45, 2.75) is 10.8 Å². The van der Waals surface area contributed by atoms with Crippen molar-refractivity contribution in [1.29, 1.82) is 0 Å². The molecule has 0 aromatic carbocycles. The van der Waals surface area contributed by atoms with Crippen LogP contribution in [0.4, 0.5) is 0 Å². The third-order valence-electron chi connectivity index (χ3n) is 2.58. The molecule has 0 aliphatic carbocycles. The van der Waals surface area contributed by atoms with Gasteiger partial charge in [-0.05, 0) is 23.6 Å². The molecule has 1 N–H and O–H groups in total. The van der Waals surface area contributed by atoms with Crippen LogP contribution in [0.25, 0.3) is 0 Å². The van der Waals surface area contributed by atoms with Crippen LogP contribution in [-0.2, 0) is 16.6 Å². The van der Waals surface area contributed by atoms with Gasteiger partial charge in [0.2, 0.25) is 0 Å².